The fraction of sp³-hybridized carbons (Fsp3) is 0.692. The van der Waals surface area contributed by atoms with Crippen molar-refractivity contribution in [1.29, 1.82) is 0 Å². The van der Waals surface area contributed by atoms with Crippen LogP contribution in [0, 0.1) is 35.0 Å². The number of piperidine rings is 1. The Hall–Kier alpha value is -2.24. The molecule has 2 saturated carbocycles. The van der Waals surface area contributed by atoms with Crippen molar-refractivity contribution in [2.45, 2.75) is 116 Å². The smallest absolute Gasteiger partial charge is 0.220 e. The number of ketones is 1. The Kier molecular flexibility index (Phi) is 8.19. The molecular formula is C39H54N2O3. The number of hydrogen-bond acceptors (Lipinski definition) is 4. The minimum atomic E-state index is -0.0750. The summed E-state index contributed by atoms with van der Waals surface area (Å²) in [6.07, 6.45) is 13.6. The lowest BCUT2D eigenvalue weighted by molar-refractivity contribution is -0.121. The van der Waals surface area contributed by atoms with E-state index in [2.05, 4.69) is 50.0 Å². The molecule has 2 unspecified atom stereocenters. The summed E-state index contributed by atoms with van der Waals surface area (Å²) >= 11 is 0. The molecule has 0 radical (unpaired) electrons. The fourth-order valence-corrected chi connectivity index (χ4v) is 11.1. The first-order valence-electron chi connectivity index (χ1n) is 17.8. The van der Waals surface area contributed by atoms with E-state index >= 15 is 0 Å². The number of rotatable bonds is 6. The van der Waals surface area contributed by atoms with Crippen LogP contribution in [0.25, 0.3) is 0 Å². The molecule has 1 N–H and O–H groups in total. The van der Waals surface area contributed by atoms with Gasteiger partial charge in [-0.3, -0.25) is 14.5 Å². The Morgan fingerprint density at radius 1 is 1.11 bits per heavy atom. The zero-order valence-corrected chi connectivity index (χ0v) is 27.6. The van der Waals surface area contributed by atoms with Gasteiger partial charge in [0.1, 0.15) is 0 Å². The second-order valence-corrected chi connectivity index (χ2v) is 15.9. The van der Waals surface area contributed by atoms with E-state index in [4.69, 9.17) is 4.74 Å². The lowest BCUT2D eigenvalue weighted by Gasteiger charge is -2.48. The third-order valence-electron chi connectivity index (χ3n) is 13.4. The van der Waals surface area contributed by atoms with Crippen molar-refractivity contribution >= 4 is 11.7 Å². The van der Waals surface area contributed by atoms with Gasteiger partial charge in [0.05, 0.1) is 11.7 Å². The Morgan fingerprint density at radius 3 is 2.75 bits per heavy atom. The molecule has 2 aliphatic heterocycles. The molecule has 1 amide bonds. The number of nitrogens with zero attached hydrogens (tertiary/aromatic N) is 1. The standard InChI is InChI=1S/C39H54N2O3/c1-25-20-35-37(41(24-25)19-18-40-36(43)13-10-28-8-6-5-7-9-28)27(3)39(44-35)17-15-31-32-12-11-29-21-30(42)14-16-38(29,4)34(32)22-33(31)26(2)23-39/h5-9,21,25,27,31-32,34-35,37H,10-20,22-24H2,1-4H3,(H,40,43)/t25-,27+,31-,32?,34-,35+,37-,38-,39?/m0/s1. The maximum absolute atomic E-state index is 12.7. The highest BCUT2D eigenvalue weighted by Crippen LogP contribution is 2.64. The van der Waals surface area contributed by atoms with E-state index in [-0.39, 0.29) is 23.0 Å². The van der Waals surface area contributed by atoms with Crippen molar-refractivity contribution in [2.75, 3.05) is 19.6 Å². The normalized spacial score (nSPS) is 40.1. The van der Waals surface area contributed by atoms with Crippen molar-refractivity contribution in [3.63, 3.8) is 0 Å². The molecule has 2 saturated heterocycles. The zero-order valence-electron chi connectivity index (χ0n) is 27.6. The van der Waals surface area contributed by atoms with E-state index in [1.807, 2.05) is 24.3 Å². The van der Waals surface area contributed by atoms with Crippen molar-refractivity contribution < 1.29 is 14.3 Å². The van der Waals surface area contributed by atoms with Gasteiger partial charge in [-0.25, -0.2) is 0 Å². The van der Waals surface area contributed by atoms with Gasteiger partial charge in [0.25, 0.3) is 0 Å². The third kappa shape index (κ3) is 5.34. The summed E-state index contributed by atoms with van der Waals surface area (Å²) in [6.45, 7) is 12.5. The Balaban J connectivity index is 1.02. The summed E-state index contributed by atoms with van der Waals surface area (Å²) in [5.74, 6) is 3.72. The molecule has 1 spiro atoms. The van der Waals surface area contributed by atoms with Crippen LogP contribution in [0.1, 0.15) is 97.5 Å². The van der Waals surface area contributed by atoms with Gasteiger partial charge < -0.3 is 10.1 Å². The van der Waals surface area contributed by atoms with Crippen LogP contribution >= 0.6 is 0 Å². The first kappa shape index (κ1) is 30.4. The van der Waals surface area contributed by atoms with E-state index in [1.54, 1.807) is 11.1 Å². The number of allylic oxidation sites excluding steroid dienone is 3. The number of carbonyl (C=O) groups is 2. The second-order valence-electron chi connectivity index (χ2n) is 15.9. The Labute approximate surface area is 265 Å². The maximum atomic E-state index is 12.7. The molecule has 2 heterocycles. The molecule has 1 aromatic carbocycles. The number of aryl methyl sites for hydroxylation is 1. The molecule has 0 aromatic heterocycles. The zero-order chi connectivity index (χ0) is 30.6. The summed E-state index contributed by atoms with van der Waals surface area (Å²) in [5, 5.41) is 3.22. The first-order chi connectivity index (χ1) is 21.2. The third-order valence-corrected chi connectivity index (χ3v) is 13.4. The minimum absolute atomic E-state index is 0.0750. The van der Waals surface area contributed by atoms with Gasteiger partial charge in [0.15, 0.2) is 5.78 Å². The van der Waals surface area contributed by atoms with Crippen LogP contribution in [0.3, 0.4) is 0 Å². The average Bonchev–Trinajstić information content (AvgIpc) is 3.47. The number of likely N-dealkylation sites (tertiary alicyclic amines) is 1. The molecule has 238 valence electrons. The molecular weight excluding hydrogens is 544 g/mol. The largest absolute Gasteiger partial charge is 0.369 e. The number of carbonyl (C=O) groups excluding carboxylic acids is 2. The lowest BCUT2D eigenvalue weighted by Crippen LogP contribution is -2.53. The van der Waals surface area contributed by atoms with Crippen LogP contribution in [0.5, 0.6) is 0 Å². The summed E-state index contributed by atoms with van der Waals surface area (Å²) < 4.78 is 7.28. The van der Waals surface area contributed by atoms with E-state index < -0.39 is 0 Å². The molecule has 0 bridgehead atoms. The average molecular weight is 599 g/mol. The number of ether oxygens (including phenoxy) is 1. The van der Waals surface area contributed by atoms with Crippen LogP contribution < -0.4 is 5.32 Å². The van der Waals surface area contributed by atoms with E-state index in [1.165, 1.54) is 30.4 Å². The number of fused-ring (bicyclic) bond motifs is 6. The molecule has 44 heavy (non-hydrogen) atoms. The van der Waals surface area contributed by atoms with E-state index in [0.29, 0.717) is 48.5 Å². The quantitative estimate of drug-likeness (QED) is 0.356. The van der Waals surface area contributed by atoms with Crippen LogP contribution in [0.4, 0.5) is 0 Å². The number of hydrogen-bond donors (Lipinski definition) is 1. The number of nitrogens with one attached hydrogen (secondary N) is 1. The topological polar surface area (TPSA) is 58.6 Å². The molecule has 4 aliphatic carbocycles. The van der Waals surface area contributed by atoms with Gasteiger partial charge in [-0.05, 0) is 105 Å². The van der Waals surface area contributed by atoms with Gasteiger partial charge in [0, 0.05) is 44.4 Å². The lowest BCUT2D eigenvalue weighted by atomic mass is 9.56. The predicted molar refractivity (Wildman–Crippen MR) is 175 cm³/mol. The van der Waals surface area contributed by atoms with Crippen LogP contribution in [0.2, 0.25) is 0 Å². The Morgan fingerprint density at radius 2 is 1.93 bits per heavy atom. The van der Waals surface area contributed by atoms with Gasteiger partial charge >= 0.3 is 0 Å². The van der Waals surface area contributed by atoms with Gasteiger partial charge in [-0.15, -0.1) is 0 Å². The molecule has 6 aliphatic rings. The summed E-state index contributed by atoms with van der Waals surface area (Å²) in [6, 6.07) is 10.7. The molecule has 5 nitrogen and oxygen atoms in total. The maximum Gasteiger partial charge on any atom is 0.220 e. The van der Waals surface area contributed by atoms with E-state index in [9.17, 15) is 9.59 Å². The van der Waals surface area contributed by atoms with Gasteiger partial charge in [0.2, 0.25) is 5.91 Å². The molecule has 7 rings (SSSR count). The van der Waals surface area contributed by atoms with E-state index in [0.717, 1.165) is 64.0 Å². The highest BCUT2D eigenvalue weighted by Gasteiger charge is 2.59. The highest BCUT2D eigenvalue weighted by molar-refractivity contribution is 5.91. The van der Waals surface area contributed by atoms with Crippen LogP contribution in [-0.2, 0) is 20.7 Å². The monoisotopic (exact) mass is 598 g/mol. The Bertz CT molecular complexity index is 1330. The first-order valence-corrected chi connectivity index (χ1v) is 17.8. The molecule has 4 fully saturated rings. The highest BCUT2D eigenvalue weighted by atomic mass is 16.5. The van der Waals surface area contributed by atoms with Crippen molar-refractivity contribution in [3.8, 4) is 0 Å². The summed E-state index contributed by atoms with van der Waals surface area (Å²) in [7, 11) is 0. The molecule has 5 heteroatoms. The summed E-state index contributed by atoms with van der Waals surface area (Å²) in [4.78, 5) is 27.6. The molecule has 9 atom stereocenters. The van der Waals surface area contributed by atoms with Gasteiger partial charge in [-0.2, -0.15) is 0 Å². The SMILES string of the molecule is CC1=C2C[C@H]3C(CCC4=CC(=O)CC[C@@]43C)[C@@H]2CCC2(C1)O[C@@H]1C[C@H](C)CN(CCNC(=O)CCc3ccccc3)[C@H]1[C@H]2C. The van der Waals surface area contributed by atoms with Crippen molar-refractivity contribution in [1.82, 2.24) is 10.2 Å². The van der Waals surface area contributed by atoms with Gasteiger partial charge in [-0.1, -0.05) is 67.8 Å². The van der Waals surface area contributed by atoms with Crippen LogP contribution in [-0.4, -0.2) is 54.0 Å². The summed E-state index contributed by atoms with van der Waals surface area (Å²) in [5.41, 5.74) is 6.18. The fourth-order valence-electron chi connectivity index (χ4n) is 11.1. The van der Waals surface area contributed by atoms with Crippen molar-refractivity contribution in [2.24, 2.45) is 35.0 Å². The predicted octanol–water partition coefficient (Wildman–Crippen LogP) is 7.06. The minimum Gasteiger partial charge on any atom is -0.369 e. The van der Waals surface area contributed by atoms with Crippen LogP contribution in [0.15, 0.2) is 53.1 Å². The number of benzene rings is 1. The number of amides is 1. The molecule has 1 aromatic rings. The second kappa shape index (κ2) is 11.8. The van der Waals surface area contributed by atoms with Crippen molar-refractivity contribution in [3.05, 3.63) is 58.7 Å².